The number of aromatic nitrogens is 1. The van der Waals surface area contributed by atoms with Gasteiger partial charge >= 0.3 is 0 Å². The minimum Gasteiger partial charge on any atom is -0.467 e. The normalized spacial score (nSPS) is 11.3. The molecule has 0 spiro atoms. The van der Waals surface area contributed by atoms with E-state index in [-0.39, 0.29) is 0 Å². The van der Waals surface area contributed by atoms with Gasteiger partial charge in [0.2, 0.25) is 5.91 Å². The van der Waals surface area contributed by atoms with Crippen LogP contribution in [0.15, 0.2) is 65.3 Å². The van der Waals surface area contributed by atoms with E-state index in [0.717, 1.165) is 27.6 Å². The molecule has 4 aromatic rings. The lowest BCUT2D eigenvalue weighted by Crippen LogP contribution is -2.11. The number of furan rings is 1. The largest absolute Gasteiger partial charge is 0.467 e. The van der Waals surface area contributed by atoms with Crippen molar-refractivity contribution in [3.63, 3.8) is 0 Å². The number of hydrogen-bond donors (Lipinski definition) is 1. The van der Waals surface area contributed by atoms with Crippen LogP contribution in [0.25, 0.3) is 21.8 Å². The fourth-order valence-corrected chi connectivity index (χ4v) is 3.03. The van der Waals surface area contributed by atoms with Gasteiger partial charge in [0.05, 0.1) is 18.3 Å². The van der Waals surface area contributed by atoms with E-state index in [0.29, 0.717) is 12.1 Å². The SMILES string of the molecule is NC(=O)c1cccc2c1c1ccccc1n2Cc1ccco1. The summed E-state index contributed by atoms with van der Waals surface area (Å²) in [5.74, 6) is 0.457. The number of nitrogens with two attached hydrogens (primary N) is 1. The Morgan fingerprint density at radius 1 is 1.00 bits per heavy atom. The van der Waals surface area contributed by atoms with Crippen molar-refractivity contribution in [2.24, 2.45) is 5.73 Å². The molecule has 0 aliphatic heterocycles. The van der Waals surface area contributed by atoms with Gasteiger partial charge in [-0.1, -0.05) is 24.3 Å². The molecule has 4 heteroatoms. The highest BCUT2D eigenvalue weighted by molar-refractivity contribution is 6.17. The summed E-state index contributed by atoms with van der Waals surface area (Å²) in [6.45, 7) is 0.610. The van der Waals surface area contributed by atoms with Crippen molar-refractivity contribution in [3.05, 3.63) is 72.2 Å². The first-order valence-corrected chi connectivity index (χ1v) is 7.08. The summed E-state index contributed by atoms with van der Waals surface area (Å²) >= 11 is 0. The van der Waals surface area contributed by atoms with Crippen molar-refractivity contribution >= 4 is 27.7 Å². The van der Waals surface area contributed by atoms with Crippen LogP contribution in [0, 0.1) is 0 Å². The molecule has 4 nitrogen and oxygen atoms in total. The molecule has 2 aromatic carbocycles. The van der Waals surface area contributed by atoms with Gasteiger partial charge in [-0.15, -0.1) is 0 Å². The van der Waals surface area contributed by atoms with Crippen molar-refractivity contribution in [2.45, 2.75) is 6.54 Å². The highest BCUT2D eigenvalue weighted by Crippen LogP contribution is 2.32. The zero-order valence-corrected chi connectivity index (χ0v) is 11.8. The van der Waals surface area contributed by atoms with Crippen LogP contribution in [-0.4, -0.2) is 10.5 Å². The molecule has 0 aliphatic rings. The van der Waals surface area contributed by atoms with Crippen molar-refractivity contribution in [1.29, 1.82) is 0 Å². The summed E-state index contributed by atoms with van der Waals surface area (Å²) in [5.41, 5.74) is 8.14. The summed E-state index contributed by atoms with van der Waals surface area (Å²) in [5, 5.41) is 1.93. The molecular weight excluding hydrogens is 276 g/mol. The lowest BCUT2D eigenvalue weighted by atomic mass is 10.1. The van der Waals surface area contributed by atoms with Crippen molar-refractivity contribution in [2.75, 3.05) is 0 Å². The molecule has 22 heavy (non-hydrogen) atoms. The van der Waals surface area contributed by atoms with E-state index in [4.69, 9.17) is 10.2 Å². The quantitative estimate of drug-likeness (QED) is 0.627. The maximum Gasteiger partial charge on any atom is 0.249 e. The van der Waals surface area contributed by atoms with Gasteiger partial charge in [0.25, 0.3) is 0 Å². The number of nitrogens with zero attached hydrogens (tertiary/aromatic N) is 1. The molecular formula is C18H14N2O2. The van der Waals surface area contributed by atoms with E-state index in [9.17, 15) is 4.79 Å². The molecule has 0 atom stereocenters. The predicted molar refractivity (Wildman–Crippen MR) is 85.8 cm³/mol. The van der Waals surface area contributed by atoms with Gasteiger partial charge in [-0.3, -0.25) is 4.79 Å². The standard InChI is InChI=1S/C18H14N2O2/c19-18(21)14-7-3-9-16-17(14)13-6-1-2-8-15(13)20(16)11-12-5-4-10-22-12/h1-10H,11H2,(H2,19,21). The number of primary amides is 1. The van der Waals surface area contributed by atoms with Crippen LogP contribution in [-0.2, 0) is 6.54 Å². The third-order valence-corrected chi connectivity index (χ3v) is 3.96. The monoisotopic (exact) mass is 290 g/mol. The van der Waals surface area contributed by atoms with Crippen LogP contribution in [0.2, 0.25) is 0 Å². The van der Waals surface area contributed by atoms with Crippen LogP contribution < -0.4 is 5.73 Å². The van der Waals surface area contributed by atoms with Crippen molar-refractivity contribution in [1.82, 2.24) is 4.57 Å². The topological polar surface area (TPSA) is 61.2 Å². The highest BCUT2D eigenvalue weighted by atomic mass is 16.3. The first-order chi connectivity index (χ1) is 10.8. The molecule has 0 fully saturated rings. The van der Waals surface area contributed by atoms with Gasteiger partial charge in [0, 0.05) is 21.9 Å². The number of amides is 1. The Morgan fingerprint density at radius 3 is 2.59 bits per heavy atom. The molecule has 2 aromatic heterocycles. The number of rotatable bonds is 3. The van der Waals surface area contributed by atoms with Gasteiger partial charge in [-0.25, -0.2) is 0 Å². The fourth-order valence-electron chi connectivity index (χ4n) is 3.03. The molecule has 0 bridgehead atoms. The second kappa shape index (κ2) is 4.77. The Kier molecular flexibility index (Phi) is 2.76. The van der Waals surface area contributed by atoms with Crippen LogP contribution >= 0.6 is 0 Å². The summed E-state index contributed by atoms with van der Waals surface area (Å²) in [7, 11) is 0. The van der Waals surface area contributed by atoms with Gasteiger partial charge in [0.15, 0.2) is 0 Å². The molecule has 0 saturated heterocycles. The summed E-state index contributed by atoms with van der Waals surface area (Å²) in [6, 6.07) is 17.5. The molecule has 0 aliphatic carbocycles. The lowest BCUT2D eigenvalue weighted by Gasteiger charge is -2.05. The van der Waals surface area contributed by atoms with Crippen molar-refractivity contribution < 1.29 is 9.21 Å². The molecule has 4 rings (SSSR count). The van der Waals surface area contributed by atoms with E-state index < -0.39 is 5.91 Å². The average Bonchev–Trinajstić information content (AvgIpc) is 3.15. The molecule has 0 radical (unpaired) electrons. The maximum atomic E-state index is 11.8. The van der Waals surface area contributed by atoms with Crippen LogP contribution in [0.4, 0.5) is 0 Å². The second-order valence-electron chi connectivity index (χ2n) is 5.25. The number of para-hydroxylation sites is 1. The van der Waals surface area contributed by atoms with Crippen LogP contribution in [0.5, 0.6) is 0 Å². The summed E-state index contributed by atoms with van der Waals surface area (Å²) < 4.78 is 7.62. The Labute approximate surface area is 126 Å². The molecule has 0 unspecified atom stereocenters. The Morgan fingerprint density at radius 2 is 1.82 bits per heavy atom. The third kappa shape index (κ3) is 1.81. The molecule has 2 N–H and O–H groups in total. The van der Waals surface area contributed by atoms with Gasteiger partial charge in [0.1, 0.15) is 5.76 Å². The number of fused-ring (bicyclic) bond motifs is 3. The first kappa shape index (κ1) is 12.7. The van der Waals surface area contributed by atoms with Gasteiger partial charge in [-0.05, 0) is 30.3 Å². The smallest absolute Gasteiger partial charge is 0.249 e. The van der Waals surface area contributed by atoms with Crippen LogP contribution in [0.1, 0.15) is 16.1 Å². The second-order valence-corrected chi connectivity index (χ2v) is 5.25. The van der Waals surface area contributed by atoms with Crippen LogP contribution in [0.3, 0.4) is 0 Å². The zero-order chi connectivity index (χ0) is 15.1. The maximum absolute atomic E-state index is 11.8. The minimum atomic E-state index is -0.411. The van der Waals surface area contributed by atoms with E-state index in [1.54, 1.807) is 12.3 Å². The number of hydrogen-bond acceptors (Lipinski definition) is 2. The molecule has 2 heterocycles. The highest BCUT2D eigenvalue weighted by Gasteiger charge is 2.16. The van der Waals surface area contributed by atoms with Gasteiger partial charge < -0.3 is 14.7 Å². The average molecular weight is 290 g/mol. The van der Waals surface area contributed by atoms with Crippen molar-refractivity contribution in [3.8, 4) is 0 Å². The van der Waals surface area contributed by atoms with E-state index in [1.165, 1.54) is 0 Å². The minimum absolute atomic E-state index is 0.411. The molecule has 1 amide bonds. The van der Waals surface area contributed by atoms with E-state index in [2.05, 4.69) is 4.57 Å². The van der Waals surface area contributed by atoms with Gasteiger partial charge in [-0.2, -0.15) is 0 Å². The summed E-state index contributed by atoms with van der Waals surface area (Å²) in [4.78, 5) is 11.8. The van der Waals surface area contributed by atoms with E-state index in [1.807, 2.05) is 48.5 Å². The predicted octanol–water partition coefficient (Wildman–Crippen LogP) is 3.53. The molecule has 0 saturated carbocycles. The summed E-state index contributed by atoms with van der Waals surface area (Å²) in [6.07, 6.45) is 1.66. The first-order valence-electron chi connectivity index (χ1n) is 7.08. The Hall–Kier alpha value is -3.01. The number of carbonyl (C=O) groups excluding carboxylic acids is 1. The molecule has 108 valence electrons. The number of carbonyl (C=O) groups is 1. The fraction of sp³-hybridized carbons (Fsp3) is 0.0556. The van der Waals surface area contributed by atoms with E-state index >= 15 is 0 Å². The Bertz CT molecular complexity index is 981. The third-order valence-electron chi connectivity index (χ3n) is 3.96. The lowest BCUT2D eigenvalue weighted by molar-refractivity contribution is 0.100. The Balaban J connectivity index is 2.09. The zero-order valence-electron chi connectivity index (χ0n) is 11.8. The number of benzene rings is 2.